The smallest absolute Gasteiger partial charge is 0.319 e. The molecule has 0 saturated heterocycles. The normalized spacial score (nSPS) is 14.5. The van der Waals surface area contributed by atoms with Gasteiger partial charge in [-0.05, 0) is 68.3 Å². The summed E-state index contributed by atoms with van der Waals surface area (Å²) in [5.41, 5.74) is 5.14. The van der Waals surface area contributed by atoms with Gasteiger partial charge in [-0.15, -0.1) is 0 Å². The number of methoxy groups -OCH3 is 1. The molecule has 1 aliphatic rings. The first kappa shape index (κ1) is 27.0. The summed E-state index contributed by atoms with van der Waals surface area (Å²) >= 11 is 6.37. The number of likely N-dealkylation sites (N-methyl/N-ethyl adjacent to an activating group) is 1. The minimum Gasteiger partial charge on any atom is -0.496 e. The van der Waals surface area contributed by atoms with Crippen LogP contribution in [0.3, 0.4) is 0 Å². The van der Waals surface area contributed by atoms with Crippen LogP contribution in [0.5, 0.6) is 5.75 Å². The van der Waals surface area contributed by atoms with Gasteiger partial charge in [-0.3, -0.25) is 0 Å². The van der Waals surface area contributed by atoms with Gasteiger partial charge in [0.2, 0.25) is 0 Å². The average Bonchev–Trinajstić information content (AvgIpc) is 2.85. The molecule has 1 atom stereocenters. The van der Waals surface area contributed by atoms with E-state index in [1.54, 1.807) is 19.2 Å². The van der Waals surface area contributed by atoms with E-state index in [0.717, 1.165) is 36.2 Å². The van der Waals surface area contributed by atoms with Crippen LogP contribution in [0.1, 0.15) is 40.8 Å². The number of fused-ring (bicyclic) bond motifs is 1. The quantitative estimate of drug-likeness (QED) is 0.412. The Hall–Kier alpha value is -3.07. The van der Waals surface area contributed by atoms with E-state index in [-0.39, 0.29) is 16.7 Å². The molecule has 2 amide bonds. The Balaban J connectivity index is 1.44. The zero-order chi connectivity index (χ0) is 26.7. The van der Waals surface area contributed by atoms with Gasteiger partial charge in [-0.25, -0.2) is 13.2 Å². The fourth-order valence-corrected chi connectivity index (χ4v) is 6.30. The third-order valence-corrected chi connectivity index (χ3v) is 8.88. The van der Waals surface area contributed by atoms with E-state index in [1.165, 1.54) is 17.7 Å². The van der Waals surface area contributed by atoms with Gasteiger partial charge in [-0.1, -0.05) is 41.9 Å². The fourth-order valence-electron chi connectivity index (χ4n) is 4.66. The molecule has 196 valence electrons. The third-order valence-electron chi connectivity index (χ3n) is 6.68. The van der Waals surface area contributed by atoms with Crippen LogP contribution in [0.4, 0.5) is 10.5 Å². The second-order valence-electron chi connectivity index (χ2n) is 9.47. The topological polar surface area (TPSA) is 87.7 Å². The first-order valence-electron chi connectivity index (χ1n) is 12.1. The van der Waals surface area contributed by atoms with E-state index in [1.807, 2.05) is 44.2 Å². The third kappa shape index (κ3) is 6.09. The number of nitrogens with zero attached hydrogens (tertiary/aromatic N) is 1. The molecule has 3 aromatic carbocycles. The van der Waals surface area contributed by atoms with Crippen molar-refractivity contribution >= 4 is 33.2 Å². The summed E-state index contributed by atoms with van der Waals surface area (Å²) in [5.74, 6) is 0.494. The molecule has 0 spiro atoms. The molecule has 0 aliphatic carbocycles. The molecule has 1 unspecified atom stereocenters. The number of anilines is 1. The predicted octanol–water partition coefficient (Wildman–Crippen LogP) is 5.50. The summed E-state index contributed by atoms with van der Waals surface area (Å²) in [5, 5.41) is 6.23. The van der Waals surface area contributed by atoms with Crippen molar-refractivity contribution in [3.05, 3.63) is 87.4 Å². The maximum atomic E-state index is 13.2. The van der Waals surface area contributed by atoms with E-state index >= 15 is 0 Å². The van der Waals surface area contributed by atoms with E-state index in [0.29, 0.717) is 22.0 Å². The van der Waals surface area contributed by atoms with Crippen LogP contribution in [-0.2, 0) is 28.6 Å². The maximum Gasteiger partial charge on any atom is 0.319 e. The van der Waals surface area contributed by atoms with Crippen molar-refractivity contribution < 1.29 is 17.9 Å². The van der Waals surface area contributed by atoms with Gasteiger partial charge in [0.1, 0.15) is 5.75 Å². The number of ether oxygens (including phenoxy) is 1. The number of sulfone groups is 1. The van der Waals surface area contributed by atoms with Crippen LogP contribution >= 0.6 is 11.6 Å². The van der Waals surface area contributed by atoms with Gasteiger partial charge in [0.05, 0.1) is 23.8 Å². The van der Waals surface area contributed by atoms with Gasteiger partial charge in [-0.2, -0.15) is 0 Å². The van der Waals surface area contributed by atoms with Gasteiger partial charge in [0, 0.05) is 34.9 Å². The Kier molecular flexibility index (Phi) is 8.11. The SMILES string of the molecule is COc1c(CS(=O)(=O)c2ccc(NC(=O)NC(C)c3cccc(C)c3Cl)cc2)ccc2c1CCN(C)C2. The molecular formula is C28H32ClN3O4S. The van der Waals surface area contributed by atoms with Crippen molar-refractivity contribution in [3.63, 3.8) is 0 Å². The Labute approximate surface area is 223 Å². The van der Waals surface area contributed by atoms with Gasteiger partial charge in [0.25, 0.3) is 0 Å². The molecule has 0 bridgehead atoms. The highest BCUT2D eigenvalue weighted by molar-refractivity contribution is 7.90. The van der Waals surface area contributed by atoms with Crippen molar-refractivity contribution in [2.45, 2.75) is 43.5 Å². The molecule has 0 saturated carbocycles. The molecule has 37 heavy (non-hydrogen) atoms. The first-order chi connectivity index (χ1) is 17.6. The molecular weight excluding hydrogens is 510 g/mol. The molecule has 7 nitrogen and oxygen atoms in total. The molecule has 0 aromatic heterocycles. The zero-order valence-electron chi connectivity index (χ0n) is 21.5. The number of aryl methyl sites for hydroxylation is 1. The minimum absolute atomic E-state index is 0.165. The van der Waals surface area contributed by atoms with Crippen molar-refractivity contribution in [2.24, 2.45) is 0 Å². The molecule has 1 heterocycles. The number of hydrogen-bond acceptors (Lipinski definition) is 5. The molecule has 3 aromatic rings. The van der Waals surface area contributed by atoms with E-state index in [4.69, 9.17) is 16.3 Å². The molecule has 0 radical (unpaired) electrons. The Morgan fingerprint density at radius 2 is 1.86 bits per heavy atom. The number of amides is 2. The van der Waals surface area contributed by atoms with E-state index < -0.39 is 15.9 Å². The highest BCUT2D eigenvalue weighted by atomic mass is 35.5. The summed E-state index contributed by atoms with van der Waals surface area (Å²) in [6.45, 7) is 5.48. The Bertz CT molecular complexity index is 1410. The second kappa shape index (κ2) is 11.1. The molecule has 4 rings (SSSR count). The number of hydrogen-bond donors (Lipinski definition) is 2. The maximum absolute atomic E-state index is 13.2. The second-order valence-corrected chi connectivity index (χ2v) is 11.8. The molecule has 9 heteroatoms. The van der Waals surface area contributed by atoms with Crippen molar-refractivity contribution in [1.29, 1.82) is 0 Å². The number of rotatable bonds is 7. The summed E-state index contributed by atoms with van der Waals surface area (Å²) in [4.78, 5) is 14.9. The molecule has 0 fully saturated rings. The van der Waals surface area contributed by atoms with Gasteiger partial charge in [0.15, 0.2) is 9.84 Å². The van der Waals surface area contributed by atoms with E-state index in [2.05, 4.69) is 22.6 Å². The first-order valence-corrected chi connectivity index (χ1v) is 14.1. The Morgan fingerprint density at radius 1 is 1.14 bits per heavy atom. The van der Waals surface area contributed by atoms with Crippen LogP contribution < -0.4 is 15.4 Å². The zero-order valence-corrected chi connectivity index (χ0v) is 23.0. The van der Waals surface area contributed by atoms with Crippen LogP contribution in [0.2, 0.25) is 5.02 Å². The summed E-state index contributed by atoms with van der Waals surface area (Å²) in [6.07, 6.45) is 0.819. The lowest BCUT2D eigenvalue weighted by atomic mass is 9.96. The van der Waals surface area contributed by atoms with Crippen LogP contribution in [0, 0.1) is 6.92 Å². The predicted molar refractivity (Wildman–Crippen MR) is 147 cm³/mol. The standard InChI is InChI=1S/C28H32ClN3O4S/c1-18-6-5-7-24(26(18)29)19(2)30-28(33)31-22-10-12-23(13-11-22)37(34,35)17-21-9-8-20-16-32(3)15-14-25(20)27(21)36-4/h5-13,19H,14-17H2,1-4H3,(H2,30,31,33). The fraction of sp³-hybridized carbons (Fsp3) is 0.321. The van der Waals surface area contributed by atoms with Crippen LogP contribution in [0.15, 0.2) is 59.5 Å². The number of benzene rings is 3. The summed E-state index contributed by atoms with van der Waals surface area (Å²) in [6, 6.07) is 15.0. The lowest BCUT2D eigenvalue weighted by Crippen LogP contribution is -2.31. The molecule has 1 aliphatic heterocycles. The monoisotopic (exact) mass is 541 g/mol. The highest BCUT2D eigenvalue weighted by Gasteiger charge is 2.24. The van der Waals surface area contributed by atoms with Crippen molar-refractivity contribution in [3.8, 4) is 5.75 Å². The number of carbonyl (C=O) groups excluding carboxylic acids is 1. The van der Waals surface area contributed by atoms with Crippen molar-refractivity contribution in [2.75, 3.05) is 26.0 Å². The average molecular weight is 542 g/mol. The largest absolute Gasteiger partial charge is 0.496 e. The van der Waals surface area contributed by atoms with Gasteiger partial charge < -0.3 is 20.3 Å². The number of halogens is 1. The van der Waals surface area contributed by atoms with Crippen molar-refractivity contribution in [1.82, 2.24) is 10.2 Å². The lowest BCUT2D eigenvalue weighted by Gasteiger charge is -2.27. The summed E-state index contributed by atoms with van der Waals surface area (Å²) in [7, 11) is 0.0266. The minimum atomic E-state index is -3.63. The number of nitrogens with one attached hydrogen (secondary N) is 2. The highest BCUT2D eigenvalue weighted by Crippen LogP contribution is 2.33. The Morgan fingerprint density at radius 3 is 2.57 bits per heavy atom. The summed E-state index contributed by atoms with van der Waals surface area (Å²) < 4.78 is 32.1. The number of carbonyl (C=O) groups is 1. The van der Waals surface area contributed by atoms with Crippen LogP contribution in [0.25, 0.3) is 0 Å². The molecule has 2 N–H and O–H groups in total. The lowest BCUT2D eigenvalue weighted by molar-refractivity contribution is 0.249. The van der Waals surface area contributed by atoms with Crippen LogP contribution in [-0.4, -0.2) is 40.1 Å². The number of urea groups is 1. The van der Waals surface area contributed by atoms with E-state index in [9.17, 15) is 13.2 Å². The van der Waals surface area contributed by atoms with Gasteiger partial charge >= 0.3 is 6.03 Å².